The highest BCUT2D eigenvalue weighted by molar-refractivity contribution is 5.61. The summed E-state index contributed by atoms with van der Waals surface area (Å²) < 4.78 is 18.2. The Morgan fingerprint density at radius 3 is 2.71 bits per heavy atom. The number of benzene rings is 2. The van der Waals surface area contributed by atoms with Crippen LogP contribution < -0.4 is 9.47 Å². The van der Waals surface area contributed by atoms with Gasteiger partial charge in [0.15, 0.2) is 11.5 Å². The molecule has 0 radical (unpaired) electrons. The Hall–Kier alpha value is -3.65. The molecule has 0 fully saturated rings. The molecule has 0 bridgehead atoms. The number of fused-ring (bicyclic) bond motifs is 1. The molecule has 5 rings (SSSR count). The van der Waals surface area contributed by atoms with Gasteiger partial charge in [-0.15, -0.1) is 0 Å². The predicted octanol–water partition coefficient (Wildman–Crippen LogP) is 3.90. The third-order valence-electron chi connectivity index (χ3n) is 5.12. The minimum Gasteiger partial charge on any atom is -0.454 e. The number of rotatable bonds is 6. The SMILES string of the molecule is Cc1cc(C)n(-c2cccc(CN(C)Cc3nc(-c4ccc5c(c4)OCO5)no3)c2)n1. The fourth-order valence-electron chi connectivity index (χ4n) is 3.75. The summed E-state index contributed by atoms with van der Waals surface area (Å²) in [7, 11) is 2.03. The highest BCUT2D eigenvalue weighted by atomic mass is 16.7. The van der Waals surface area contributed by atoms with Crippen molar-refractivity contribution in [2.45, 2.75) is 26.9 Å². The fraction of sp³-hybridized carbons (Fsp3) is 0.261. The Bertz CT molecular complexity index is 1230. The Morgan fingerprint density at radius 1 is 1.00 bits per heavy atom. The first-order chi connectivity index (χ1) is 15.0. The Kier molecular flexibility index (Phi) is 4.91. The van der Waals surface area contributed by atoms with Crippen LogP contribution in [0.5, 0.6) is 11.5 Å². The van der Waals surface area contributed by atoms with Crippen molar-refractivity contribution in [3.63, 3.8) is 0 Å². The maximum absolute atomic E-state index is 5.47. The molecule has 8 nitrogen and oxygen atoms in total. The van der Waals surface area contributed by atoms with Crippen LogP contribution in [-0.2, 0) is 13.1 Å². The van der Waals surface area contributed by atoms with Crippen molar-refractivity contribution >= 4 is 0 Å². The van der Waals surface area contributed by atoms with Gasteiger partial charge >= 0.3 is 0 Å². The topological polar surface area (TPSA) is 78.4 Å². The van der Waals surface area contributed by atoms with Crippen LogP contribution in [0.15, 0.2) is 53.1 Å². The minimum absolute atomic E-state index is 0.238. The van der Waals surface area contributed by atoms with Gasteiger partial charge in [0.2, 0.25) is 18.5 Å². The zero-order valence-corrected chi connectivity index (χ0v) is 17.7. The van der Waals surface area contributed by atoms with Crippen LogP contribution in [-0.4, -0.2) is 38.7 Å². The second-order valence-corrected chi connectivity index (χ2v) is 7.76. The molecule has 1 aliphatic heterocycles. The van der Waals surface area contributed by atoms with Crippen LogP contribution in [0.2, 0.25) is 0 Å². The molecule has 0 amide bonds. The molecular weight excluding hydrogens is 394 g/mol. The first-order valence-corrected chi connectivity index (χ1v) is 10.1. The Balaban J connectivity index is 1.27. The molecule has 3 heterocycles. The van der Waals surface area contributed by atoms with Crippen molar-refractivity contribution in [3.05, 3.63) is 71.4 Å². The van der Waals surface area contributed by atoms with Gasteiger partial charge < -0.3 is 14.0 Å². The van der Waals surface area contributed by atoms with Crippen LogP contribution in [0.4, 0.5) is 0 Å². The molecule has 0 spiro atoms. The first kappa shape index (κ1) is 19.3. The van der Waals surface area contributed by atoms with E-state index in [1.54, 1.807) is 0 Å². The van der Waals surface area contributed by atoms with E-state index in [0.29, 0.717) is 24.0 Å². The summed E-state index contributed by atoms with van der Waals surface area (Å²) in [5.41, 5.74) is 5.20. The standard InChI is InChI=1S/C23H23N5O3/c1-15-9-16(2)28(25-15)19-6-4-5-17(10-19)12-27(3)13-22-24-23(26-31-22)18-7-8-20-21(11-18)30-14-29-20/h4-11H,12-14H2,1-3H3. The lowest BCUT2D eigenvalue weighted by Gasteiger charge is -2.15. The summed E-state index contributed by atoms with van der Waals surface area (Å²) in [5.74, 6) is 2.52. The molecule has 0 aliphatic carbocycles. The number of nitrogens with zero attached hydrogens (tertiary/aromatic N) is 5. The zero-order chi connectivity index (χ0) is 21.4. The number of aromatic nitrogens is 4. The normalized spacial score (nSPS) is 12.6. The largest absolute Gasteiger partial charge is 0.454 e. The van der Waals surface area contributed by atoms with E-state index in [0.717, 1.165) is 34.9 Å². The first-order valence-electron chi connectivity index (χ1n) is 10.1. The summed E-state index contributed by atoms with van der Waals surface area (Å²) in [6.07, 6.45) is 0. The molecule has 158 valence electrons. The molecule has 0 atom stereocenters. The third-order valence-corrected chi connectivity index (χ3v) is 5.12. The number of hydrogen-bond acceptors (Lipinski definition) is 7. The van der Waals surface area contributed by atoms with Gasteiger partial charge in [0.1, 0.15) is 0 Å². The van der Waals surface area contributed by atoms with E-state index in [-0.39, 0.29) is 6.79 Å². The van der Waals surface area contributed by atoms with Crippen molar-refractivity contribution < 1.29 is 14.0 Å². The van der Waals surface area contributed by atoms with Gasteiger partial charge in [-0.25, -0.2) is 4.68 Å². The van der Waals surface area contributed by atoms with E-state index >= 15 is 0 Å². The van der Waals surface area contributed by atoms with Gasteiger partial charge in [-0.05, 0) is 62.9 Å². The van der Waals surface area contributed by atoms with Crippen LogP contribution in [0.1, 0.15) is 22.8 Å². The third kappa shape index (κ3) is 4.02. The lowest BCUT2D eigenvalue weighted by atomic mass is 10.2. The van der Waals surface area contributed by atoms with E-state index in [2.05, 4.69) is 57.4 Å². The fourth-order valence-corrected chi connectivity index (χ4v) is 3.75. The van der Waals surface area contributed by atoms with Crippen LogP contribution in [0.3, 0.4) is 0 Å². The number of hydrogen-bond donors (Lipinski definition) is 0. The van der Waals surface area contributed by atoms with E-state index in [1.807, 2.05) is 36.9 Å². The summed E-state index contributed by atoms with van der Waals surface area (Å²) in [6.45, 7) is 5.59. The molecule has 0 saturated carbocycles. The molecule has 0 saturated heterocycles. The molecule has 4 aromatic rings. The van der Waals surface area contributed by atoms with Gasteiger partial charge in [-0.3, -0.25) is 4.90 Å². The predicted molar refractivity (Wildman–Crippen MR) is 114 cm³/mol. The van der Waals surface area contributed by atoms with Gasteiger partial charge in [-0.1, -0.05) is 17.3 Å². The number of ether oxygens (including phenoxy) is 2. The molecule has 31 heavy (non-hydrogen) atoms. The van der Waals surface area contributed by atoms with Crippen LogP contribution in [0.25, 0.3) is 17.1 Å². The Labute approximate surface area is 180 Å². The van der Waals surface area contributed by atoms with Gasteiger partial charge in [-0.2, -0.15) is 10.1 Å². The van der Waals surface area contributed by atoms with Crippen molar-refractivity contribution in [1.82, 2.24) is 24.8 Å². The average molecular weight is 417 g/mol. The van der Waals surface area contributed by atoms with Crippen molar-refractivity contribution in [2.75, 3.05) is 13.8 Å². The van der Waals surface area contributed by atoms with E-state index < -0.39 is 0 Å². The monoisotopic (exact) mass is 417 g/mol. The lowest BCUT2D eigenvalue weighted by Crippen LogP contribution is -2.17. The van der Waals surface area contributed by atoms with Crippen molar-refractivity contribution in [3.8, 4) is 28.6 Å². The molecule has 0 N–H and O–H groups in total. The maximum atomic E-state index is 5.47. The highest BCUT2D eigenvalue weighted by Gasteiger charge is 2.17. The zero-order valence-electron chi connectivity index (χ0n) is 17.7. The summed E-state index contributed by atoms with van der Waals surface area (Å²) in [5, 5.41) is 8.69. The van der Waals surface area contributed by atoms with E-state index in [1.165, 1.54) is 5.56 Å². The molecule has 1 aliphatic rings. The summed E-state index contributed by atoms with van der Waals surface area (Å²) in [4.78, 5) is 6.67. The van der Waals surface area contributed by atoms with Crippen molar-refractivity contribution in [1.29, 1.82) is 0 Å². The van der Waals surface area contributed by atoms with E-state index in [9.17, 15) is 0 Å². The van der Waals surface area contributed by atoms with E-state index in [4.69, 9.17) is 14.0 Å². The lowest BCUT2D eigenvalue weighted by molar-refractivity contribution is 0.174. The average Bonchev–Trinajstić information content (AvgIpc) is 3.47. The van der Waals surface area contributed by atoms with Gasteiger partial charge in [0.25, 0.3) is 0 Å². The summed E-state index contributed by atoms with van der Waals surface area (Å²) >= 11 is 0. The minimum atomic E-state index is 0.238. The summed E-state index contributed by atoms with van der Waals surface area (Å²) in [6, 6.07) is 16.1. The second kappa shape index (κ2) is 7.88. The molecule has 0 unspecified atom stereocenters. The Morgan fingerprint density at radius 2 is 1.87 bits per heavy atom. The second-order valence-electron chi connectivity index (χ2n) is 7.76. The van der Waals surface area contributed by atoms with Crippen molar-refractivity contribution in [2.24, 2.45) is 0 Å². The molecular formula is C23H23N5O3. The van der Waals surface area contributed by atoms with Gasteiger partial charge in [0, 0.05) is 17.8 Å². The molecule has 8 heteroatoms. The smallest absolute Gasteiger partial charge is 0.241 e. The number of aryl methyl sites for hydroxylation is 2. The van der Waals surface area contributed by atoms with Gasteiger partial charge in [0.05, 0.1) is 17.9 Å². The maximum Gasteiger partial charge on any atom is 0.241 e. The van der Waals surface area contributed by atoms with Crippen LogP contribution >= 0.6 is 0 Å². The molecule has 2 aromatic heterocycles. The highest BCUT2D eigenvalue weighted by Crippen LogP contribution is 2.35. The quantitative estimate of drug-likeness (QED) is 0.471. The van der Waals surface area contributed by atoms with Crippen LogP contribution in [0, 0.1) is 13.8 Å². The molecule has 2 aromatic carbocycles.